The van der Waals surface area contributed by atoms with Gasteiger partial charge in [-0.25, -0.2) is 0 Å². The first-order valence-corrected chi connectivity index (χ1v) is 7.62. The molecular formula is C14H28N2O4. The van der Waals surface area contributed by atoms with Gasteiger partial charge in [0.25, 0.3) is 0 Å². The second kappa shape index (κ2) is 8.92. The van der Waals surface area contributed by atoms with Gasteiger partial charge < -0.3 is 29.5 Å². The summed E-state index contributed by atoms with van der Waals surface area (Å²) in [5.74, 6) is 0. The van der Waals surface area contributed by atoms with Crippen molar-refractivity contribution in [3.05, 3.63) is 0 Å². The van der Waals surface area contributed by atoms with Crippen molar-refractivity contribution in [3.63, 3.8) is 0 Å². The van der Waals surface area contributed by atoms with Crippen LogP contribution in [0.2, 0.25) is 0 Å². The number of hydrogen-bond acceptors (Lipinski definition) is 6. The molecule has 20 heavy (non-hydrogen) atoms. The molecule has 118 valence electrons. The van der Waals surface area contributed by atoms with Crippen molar-refractivity contribution in [1.82, 2.24) is 10.2 Å². The van der Waals surface area contributed by atoms with Crippen molar-refractivity contribution >= 4 is 0 Å². The van der Waals surface area contributed by atoms with Crippen LogP contribution in [0, 0.1) is 0 Å². The van der Waals surface area contributed by atoms with E-state index in [0.29, 0.717) is 19.8 Å². The maximum absolute atomic E-state index is 9.83. The maximum Gasteiger partial charge on any atom is 0.0897 e. The first-order chi connectivity index (χ1) is 9.74. The number of nitrogens with one attached hydrogen (secondary N) is 1. The summed E-state index contributed by atoms with van der Waals surface area (Å²) >= 11 is 0. The van der Waals surface area contributed by atoms with Crippen molar-refractivity contribution in [3.8, 4) is 0 Å². The van der Waals surface area contributed by atoms with Gasteiger partial charge >= 0.3 is 0 Å². The van der Waals surface area contributed by atoms with E-state index in [9.17, 15) is 5.11 Å². The Morgan fingerprint density at radius 3 is 2.95 bits per heavy atom. The SMILES string of the molecule is CN1CCOC(CNCC(O)COCC2CCCO2)C1. The zero-order chi connectivity index (χ0) is 14.2. The maximum atomic E-state index is 9.83. The highest BCUT2D eigenvalue weighted by Gasteiger charge is 2.18. The minimum absolute atomic E-state index is 0.216. The molecule has 2 aliphatic heterocycles. The molecule has 2 aliphatic rings. The highest BCUT2D eigenvalue weighted by atomic mass is 16.5. The van der Waals surface area contributed by atoms with Gasteiger partial charge in [0.1, 0.15) is 0 Å². The van der Waals surface area contributed by atoms with Crippen LogP contribution in [0.1, 0.15) is 12.8 Å². The highest BCUT2D eigenvalue weighted by Crippen LogP contribution is 2.11. The summed E-state index contributed by atoms with van der Waals surface area (Å²) in [5.41, 5.74) is 0. The first-order valence-electron chi connectivity index (χ1n) is 7.62. The molecule has 0 saturated carbocycles. The Morgan fingerprint density at radius 1 is 1.35 bits per heavy atom. The van der Waals surface area contributed by atoms with Gasteiger partial charge in [-0.05, 0) is 19.9 Å². The summed E-state index contributed by atoms with van der Waals surface area (Å²) in [6, 6.07) is 0. The lowest BCUT2D eigenvalue weighted by Gasteiger charge is -2.30. The number of rotatable bonds is 8. The Bertz CT molecular complexity index is 262. The third-order valence-corrected chi connectivity index (χ3v) is 3.73. The Morgan fingerprint density at radius 2 is 2.20 bits per heavy atom. The van der Waals surface area contributed by atoms with Gasteiger partial charge in [0.05, 0.1) is 38.1 Å². The van der Waals surface area contributed by atoms with Crippen LogP contribution in [0.15, 0.2) is 0 Å². The minimum Gasteiger partial charge on any atom is -0.389 e. The van der Waals surface area contributed by atoms with Gasteiger partial charge in [-0.3, -0.25) is 0 Å². The van der Waals surface area contributed by atoms with E-state index < -0.39 is 6.10 Å². The normalized spacial score (nSPS) is 29.7. The van der Waals surface area contributed by atoms with Gasteiger partial charge in [-0.15, -0.1) is 0 Å². The summed E-state index contributed by atoms with van der Waals surface area (Å²) in [6.45, 7) is 5.83. The minimum atomic E-state index is -0.474. The van der Waals surface area contributed by atoms with Crippen LogP contribution in [-0.2, 0) is 14.2 Å². The molecule has 0 aromatic rings. The van der Waals surface area contributed by atoms with Gasteiger partial charge in [-0.2, -0.15) is 0 Å². The van der Waals surface area contributed by atoms with E-state index in [1.54, 1.807) is 0 Å². The fraction of sp³-hybridized carbons (Fsp3) is 1.00. The van der Waals surface area contributed by atoms with Crippen LogP contribution >= 0.6 is 0 Å². The van der Waals surface area contributed by atoms with Crippen LogP contribution in [-0.4, -0.2) is 88.0 Å². The van der Waals surface area contributed by atoms with E-state index in [2.05, 4.69) is 17.3 Å². The van der Waals surface area contributed by atoms with Crippen LogP contribution in [0.4, 0.5) is 0 Å². The molecule has 2 saturated heterocycles. The fourth-order valence-electron chi connectivity index (χ4n) is 2.57. The lowest BCUT2D eigenvalue weighted by Crippen LogP contribution is -2.46. The number of aliphatic hydroxyl groups excluding tert-OH is 1. The molecule has 0 aromatic carbocycles. The summed E-state index contributed by atoms with van der Waals surface area (Å²) in [7, 11) is 2.10. The average molecular weight is 288 g/mol. The zero-order valence-electron chi connectivity index (χ0n) is 12.4. The predicted octanol–water partition coefficient (Wildman–Crippen LogP) is -0.537. The van der Waals surface area contributed by atoms with Crippen LogP contribution < -0.4 is 5.32 Å². The van der Waals surface area contributed by atoms with Gasteiger partial charge in [-0.1, -0.05) is 0 Å². The number of nitrogens with zero attached hydrogens (tertiary/aromatic N) is 1. The standard InChI is InChI=1S/C14H28N2O4/c1-16-4-6-20-14(9-16)8-15-7-12(17)10-18-11-13-3-2-5-19-13/h12-15,17H,2-11H2,1H3. The van der Waals surface area contributed by atoms with Gasteiger partial charge in [0, 0.05) is 32.8 Å². The molecule has 0 spiro atoms. The molecule has 0 amide bonds. The predicted molar refractivity (Wildman–Crippen MR) is 75.9 cm³/mol. The van der Waals surface area contributed by atoms with Crippen LogP contribution in [0.25, 0.3) is 0 Å². The van der Waals surface area contributed by atoms with E-state index in [0.717, 1.165) is 45.7 Å². The Labute approximate surface area is 121 Å². The molecule has 3 atom stereocenters. The van der Waals surface area contributed by atoms with E-state index in [4.69, 9.17) is 14.2 Å². The second-order valence-corrected chi connectivity index (χ2v) is 5.74. The molecule has 3 unspecified atom stereocenters. The first kappa shape index (κ1) is 16.1. The fourth-order valence-corrected chi connectivity index (χ4v) is 2.57. The van der Waals surface area contributed by atoms with E-state index in [-0.39, 0.29) is 12.2 Å². The second-order valence-electron chi connectivity index (χ2n) is 5.74. The molecule has 2 fully saturated rings. The Balaban J connectivity index is 1.46. The third-order valence-electron chi connectivity index (χ3n) is 3.73. The van der Waals surface area contributed by atoms with Gasteiger partial charge in [0.15, 0.2) is 0 Å². The zero-order valence-corrected chi connectivity index (χ0v) is 12.4. The molecule has 6 heteroatoms. The Hall–Kier alpha value is -0.240. The number of likely N-dealkylation sites (N-methyl/N-ethyl adjacent to an activating group) is 1. The molecule has 0 radical (unpaired) electrons. The molecule has 2 N–H and O–H groups in total. The largest absolute Gasteiger partial charge is 0.389 e. The summed E-state index contributed by atoms with van der Waals surface area (Å²) < 4.78 is 16.6. The molecule has 0 aromatic heterocycles. The van der Waals surface area contributed by atoms with E-state index in [1.807, 2.05) is 0 Å². The molecule has 2 rings (SSSR count). The summed E-state index contributed by atoms with van der Waals surface area (Å²) in [5, 5.41) is 13.1. The number of morpholine rings is 1. The number of hydrogen-bond donors (Lipinski definition) is 2. The number of ether oxygens (including phenoxy) is 3. The average Bonchev–Trinajstić information content (AvgIpc) is 2.92. The topological polar surface area (TPSA) is 63.2 Å². The summed E-state index contributed by atoms with van der Waals surface area (Å²) in [6.07, 6.45) is 2.15. The molecule has 0 bridgehead atoms. The monoisotopic (exact) mass is 288 g/mol. The molecule has 0 aliphatic carbocycles. The van der Waals surface area contributed by atoms with Crippen LogP contribution in [0.3, 0.4) is 0 Å². The van der Waals surface area contributed by atoms with Gasteiger partial charge in [0.2, 0.25) is 0 Å². The van der Waals surface area contributed by atoms with Crippen LogP contribution in [0.5, 0.6) is 0 Å². The highest BCUT2D eigenvalue weighted by molar-refractivity contribution is 4.72. The molecular weight excluding hydrogens is 260 g/mol. The lowest BCUT2D eigenvalue weighted by atomic mass is 10.2. The van der Waals surface area contributed by atoms with E-state index >= 15 is 0 Å². The Kier molecular flexibility index (Phi) is 7.19. The van der Waals surface area contributed by atoms with E-state index in [1.165, 1.54) is 0 Å². The number of aliphatic hydroxyl groups is 1. The quantitative estimate of drug-likeness (QED) is 0.626. The molecule has 6 nitrogen and oxygen atoms in total. The van der Waals surface area contributed by atoms with Crippen molar-refractivity contribution in [2.45, 2.75) is 31.2 Å². The summed E-state index contributed by atoms with van der Waals surface area (Å²) in [4.78, 5) is 2.26. The van der Waals surface area contributed by atoms with Crippen molar-refractivity contribution < 1.29 is 19.3 Å². The van der Waals surface area contributed by atoms with Crippen molar-refractivity contribution in [1.29, 1.82) is 0 Å². The van der Waals surface area contributed by atoms with Crippen molar-refractivity contribution in [2.24, 2.45) is 0 Å². The lowest BCUT2D eigenvalue weighted by molar-refractivity contribution is -0.0266. The molecule has 2 heterocycles. The third kappa shape index (κ3) is 6.03. The van der Waals surface area contributed by atoms with Crippen molar-refractivity contribution in [2.75, 3.05) is 59.7 Å². The smallest absolute Gasteiger partial charge is 0.0897 e.